The van der Waals surface area contributed by atoms with Gasteiger partial charge in [-0.2, -0.15) is 0 Å². The lowest BCUT2D eigenvalue weighted by Crippen LogP contribution is -2.39. The summed E-state index contributed by atoms with van der Waals surface area (Å²) in [5.74, 6) is 0.369. The molecule has 0 aromatic heterocycles. The van der Waals surface area contributed by atoms with Crippen LogP contribution >= 0.6 is 0 Å². The molecule has 1 N–H and O–H groups in total. The lowest BCUT2D eigenvalue weighted by molar-refractivity contribution is -0.131. The number of hydrogen-bond acceptors (Lipinski definition) is 2. The maximum atomic E-state index is 12.2. The first-order valence-corrected chi connectivity index (χ1v) is 7.48. The number of carbonyl (C=O) groups is 1. The van der Waals surface area contributed by atoms with Gasteiger partial charge in [-0.15, -0.1) is 0 Å². The third-order valence-corrected chi connectivity index (χ3v) is 4.19. The van der Waals surface area contributed by atoms with Gasteiger partial charge in [-0.25, -0.2) is 0 Å². The van der Waals surface area contributed by atoms with E-state index in [1.807, 2.05) is 0 Å². The molecule has 2 rings (SSSR count). The molecule has 0 radical (unpaired) electrons. The van der Waals surface area contributed by atoms with Crippen LogP contribution in [0.2, 0.25) is 0 Å². The third-order valence-electron chi connectivity index (χ3n) is 4.19. The van der Waals surface area contributed by atoms with Gasteiger partial charge < -0.3 is 10.2 Å². The Morgan fingerprint density at radius 2 is 1.94 bits per heavy atom. The van der Waals surface area contributed by atoms with Gasteiger partial charge in [0.1, 0.15) is 0 Å². The van der Waals surface area contributed by atoms with Gasteiger partial charge in [-0.1, -0.05) is 20.8 Å². The fourth-order valence-corrected chi connectivity index (χ4v) is 3.10. The van der Waals surface area contributed by atoms with Crippen LogP contribution in [0.5, 0.6) is 0 Å². The normalized spacial score (nSPS) is 28.3. The Bertz CT molecular complexity index is 295. The monoisotopic (exact) mass is 252 g/mol. The molecule has 3 heteroatoms. The van der Waals surface area contributed by atoms with Gasteiger partial charge in [0, 0.05) is 31.6 Å². The summed E-state index contributed by atoms with van der Waals surface area (Å²) >= 11 is 0. The van der Waals surface area contributed by atoms with Crippen LogP contribution in [0.1, 0.15) is 59.3 Å². The predicted molar refractivity (Wildman–Crippen MR) is 74.4 cm³/mol. The van der Waals surface area contributed by atoms with E-state index in [4.69, 9.17) is 0 Å². The second kappa shape index (κ2) is 5.60. The molecule has 0 aliphatic carbocycles. The SMILES string of the molecule is CC(C)(C)CCCC(=O)N1CCC2CCC(C1)N2. The van der Waals surface area contributed by atoms with Gasteiger partial charge >= 0.3 is 0 Å². The number of amides is 1. The van der Waals surface area contributed by atoms with Gasteiger partial charge in [-0.3, -0.25) is 4.79 Å². The molecule has 0 saturated carbocycles. The molecule has 0 spiro atoms. The minimum atomic E-state index is 0.347. The van der Waals surface area contributed by atoms with Crippen molar-refractivity contribution in [1.29, 1.82) is 0 Å². The van der Waals surface area contributed by atoms with Gasteiger partial charge in [0.25, 0.3) is 0 Å². The van der Waals surface area contributed by atoms with Crippen molar-refractivity contribution in [3.8, 4) is 0 Å². The van der Waals surface area contributed by atoms with Crippen molar-refractivity contribution in [1.82, 2.24) is 10.2 Å². The molecule has 104 valence electrons. The van der Waals surface area contributed by atoms with Crippen molar-refractivity contribution in [2.75, 3.05) is 13.1 Å². The molecule has 3 nitrogen and oxygen atoms in total. The average Bonchev–Trinajstić information content (AvgIpc) is 2.56. The zero-order valence-corrected chi connectivity index (χ0v) is 12.2. The van der Waals surface area contributed by atoms with Crippen molar-refractivity contribution in [2.24, 2.45) is 5.41 Å². The minimum absolute atomic E-state index is 0.347. The minimum Gasteiger partial charge on any atom is -0.341 e. The van der Waals surface area contributed by atoms with Crippen molar-refractivity contribution in [2.45, 2.75) is 71.4 Å². The number of hydrogen-bond donors (Lipinski definition) is 1. The zero-order valence-electron chi connectivity index (χ0n) is 12.2. The van der Waals surface area contributed by atoms with E-state index in [9.17, 15) is 4.79 Å². The molecule has 2 fully saturated rings. The molecule has 18 heavy (non-hydrogen) atoms. The van der Waals surface area contributed by atoms with E-state index in [0.717, 1.165) is 38.8 Å². The maximum Gasteiger partial charge on any atom is 0.222 e. The van der Waals surface area contributed by atoms with Gasteiger partial charge in [0.2, 0.25) is 5.91 Å². The number of fused-ring (bicyclic) bond motifs is 2. The predicted octanol–water partition coefficient (Wildman–Crippen LogP) is 2.56. The van der Waals surface area contributed by atoms with Crippen LogP contribution in [0, 0.1) is 5.41 Å². The van der Waals surface area contributed by atoms with E-state index < -0.39 is 0 Å². The molecule has 0 aromatic carbocycles. The fourth-order valence-electron chi connectivity index (χ4n) is 3.10. The Morgan fingerprint density at radius 3 is 2.67 bits per heavy atom. The summed E-state index contributed by atoms with van der Waals surface area (Å²) in [5, 5.41) is 3.62. The number of nitrogens with one attached hydrogen (secondary N) is 1. The Labute approximate surface area is 111 Å². The summed E-state index contributed by atoms with van der Waals surface area (Å²) in [6.45, 7) is 8.62. The quantitative estimate of drug-likeness (QED) is 0.837. The van der Waals surface area contributed by atoms with Crippen molar-refractivity contribution in [3.05, 3.63) is 0 Å². The first-order chi connectivity index (χ1) is 8.44. The van der Waals surface area contributed by atoms with Gasteiger partial charge in [0.15, 0.2) is 0 Å². The van der Waals surface area contributed by atoms with Crippen LogP contribution in [0.3, 0.4) is 0 Å². The summed E-state index contributed by atoms with van der Waals surface area (Å²) in [6.07, 6.45) is 6.58. The van der Waals surface area contributed by atoms with E-state index in [1.54, 1.807) is 0 Å². The van der Waals surface area contributed by atoms with E-state index in [1.165, 1.54) is 12.8 Å². The van der Waals surface area contributed by atoms with E-state index >= 15 is 0 Å². The summed E-state index contributed by atoms with van der Waals surface area (Å²) in [4.78, 5) is 14.3. The molecule has 2 aliphatic rings. The Kier molecular flexibility index (Phi) is 4.31. The highest BCUT2D eigenvalue weighted by atomic mass is 16.2. The number of rotatable bonds is 3. The van der Waals surface area contributed by atoms with Crippen LogP contribution < -0.4 is 5.32 Å². The lowest BCUT2D eigenvalue weighted by atomic mass is 9.90. The first-order valence-electron chi connectivity index (χ1n) is 7.48. The van der Waals surface area contributed by atoms with Crippen molar-refractivity contribution < 1.29 is 4.79 Å². The maximum absolute atomic E-state index is 12.2. The summed E-state index contributed by atoms with van der Waals surface area (Å²) < 4.78 is 0. The smallest absolute Gasteiger partial charge is 0.222 e. The molecular weight excluding hydrogens is 224 g/mol. The molecule has 2 unspecified atom stereocenters. The highest BCUT2D eigenvalue weighted by Gasteiger charge is 2.30. The largest absolute Gasteiger partial charge is 0.341 e. The zero-order chi connectivity index (χ0) is 13.2. The molecule has 2 aliphatic heterocycles. The third kappa shape index (κ3) is 3.98. The molecular formula is C15H28N2O. The summed E-state index contributed by atoms with van der Waals surface area (Å²) in [6, 6.07) is 1.23. The van der Waals surface area contributed by atoms with Crippen LogP contribution in [0.25, 0.3) is 0 Å². The van der Waals surface area contributed by atoms with E-state index in [-0.39, 0.29) is 0 Å². The topological polar surface area (TPSA) is 32.3 Å². The first kappa shape index (κ1) is 13.9. The van der Waals surface area contributed by atoms with Crippen LogP contribution in [0.4, 0.5) is 0 Å². The highest BCUT2D eigenvalue weighted by molar-refractivity contribution is 5.76. The van der Waals surface area contributed by atoms with E-state index in [0.29, 0.717) is 23.4 Å². The molecule has 2 saturated heterocycles. The molecule has 2 heterocycles. The van der Waals surface area contributed by atoms with Crippen LogP contribution in [-0.2, 0) is 4.79 Å². The average molecular weight is 252 g/mol. The number of likely N-dealkylation sites (tertiary alicyclic amines) is 1. The van der Waals surface area contributed by atoms with Crippen molar-refractivity contribution in [3.63, 3.8) is 0 Å². The highest BCUT2D eigenvalue weighted by Crippen LogP contribution is 2.23. The second-order valence-electron chi connectivity index (χ2n) is 7.18. The summed E-state index contributed by atoms with van der Waals surface area (Å²) in [5.41, 5.74) is 0.347. The van der Waals surface area contributed by atoms with Crippen LogP contribution in [-0.4, -0.2) is 36.0 Å². The molecule has 0 aromatic rings. The van der Waals surface area contributed by atoms with E-state index in [2.05, 4.69) is 31.0 Å². The molecule has 2 atom stereocenters. The van der Waals surface area contributed by atoms with Gasteiger partial charge in [0.05, 0.1) is 0 Å². The Balaban J connectivity index is 1.75. The van der Waals surface area contributed by atoms with Gasteiger partial charge in [-0.05, 0) is 37.5 Å². The fraction of sp³-hybridized carbons (Fsp3) is 0.933. The Hall–Kier alpha value is -0.570. The van der Waals surface area contributed by atoms with Crippen LogP contribution in [0.15, 0.2) is 0 Å². The molecule has 1 amide bonds. The van der Waals surface area contributed by atoms with Crippen molar-refractivity contribution >= 4 is 5.91 Å². The standard InChI is InChI=1S/C15H28N2O/c1-15(2,3)9-4-5-14(18)17-10-8-12-6-7-13(11-17)16-12/h12-13,16H,4-11H2,1-3H3. The Morgan fingerprint density at radius 1 is 1.22 bits per heavy atom. The summed E-state index contributed by atoms with van der Waals surface area (Å²) in [7, 11) is 0. The number of carbonyl (C=O) groups excluding carboxylic acids is 1. The number of nitrogens with zero attached hydrogens (tertiary/aromatic N) is 1. The second-order valence-corrected chi connectivity index (χ2v) is 7.18. The lowest BCUT2D eigenvalue weighted by Gasteiger charge is -2.25. The molecule has 2 bridgehead atoms.